The van der Waals surface area contributed by atoms with Crippen LogP contribution >= 0.6 is 0 Å². The Hall–Kier alpha value is -5.72. The fourth-order valence-electron chi connectivity index (χ4n) is 5.91. The summed E-state index contributed by atoms with van der Waals surface area (Å²) < 4.78 is 29.6. The number of nitrogens with zero attached hydrogens (tertiary/aromatic N) is 4. The van der Waals surface area contributed by atoms with Gasteiger partial charge in [-0.3, -0.25) is 23.9 Å². The third-order valence-electron chi connectivity index (χ3n) is 9.22. The number of carbonyl (C=O) groups is 4. The summed E-state index contributed by atoms with van der Waals surface area (Å²) in [6.45, 7) is 15.4. The van der Waals surface area contributed by atoms with Crippen molar-refractivity contribution >= 4 is 61.6 Å². The lowest BCUT2D eigenvalue weighted by atomic mass is 10.1. The highest BCUT2D eigenvalue weighted by molar-refractivity contribution is 7.92. The van der Waals surface area contributed by atoms with Gasteiger partial charge in [-0.1, -0.05) is 27.7 Å². The van der Waals surface area contributed by atoms with Gasteiger partial charge in [-0.2, -0.15) is 10.2 Å². The third kappa shape index (κ3) is 12.9. The molecule has 6 N–H and O–H groups in total. The number of aromatic nitrogens is 2. The Morgan fingerprint density at radius 1 is 0.719 bits per heavy atom. The fraction of sp³-hybridized carbons (Fsp3) is 0.410. The topological polar surface area (TPSA) is 230 Å². The van der Waals surface area contributed by atoms with E-state index in [9.17, 15) is 32.4 Å². The number of azo groups is 1. The molecular formula is C39H52N10O7S. The Morgan fingerprint density at radius 2 is 1.26 bits per heavy atom. The minimum atomic E-state index is -4.23. The van der Waals surface area contributed by atoms with Crippen LogP contribution in [-0.4, -0.2) is 110 Å². The van der Waals surface area contributed by atoms with Gasteiger partial charge in [0.1, 0.15) is 0 Å². The summed E-state index contributed by atoms with van der Waals surface area (Å²) in [5, 5.41) is 16.2. The van der Waals surface area contributed by atoms with E-state index in [-0.39, 0.29) is 27.4 Å². The van der Waals surface area contributed by atoms with Gasteiger partial charge >= 0.3 is 5.69 Å². The van der Waals surface area contributed by atoms with Crippen molar-refractivity contribution in [2.24, 2.45) is 10.2 Å². The fourth-order valence-corrected chi connectivity index (χ4v) is 6.95. The van der Waals surface area contributed by atoms with Crippen LogP contribution in [0.3, 0.4) is 0 Å². The molecule has 0 saturated carbocycles. The Balaban J connectivity index is 1.47. The molecule has 4 aromatic rings. The maximum absolute atomic E-state index is 13.5. The average molecular weight is 805 g/mol. The summed E-state index contributed by atoms with van der Waals surface area (Å²) in [6.07, 6.45) is 1.43. The van der Waals surface area contributed by atoms with Crippen LogP contribution in [0.5, 0.6) is 0 Å². The summed E-state index contributed by atoms with van der Waals surface area (Å²) in [5.41, 5.74) is 1.33. The zero-order chi connectivity index (χ0) is 41.5. The van der Waals surface area contributed by atoms with E-state index in [2.05, 4.69) is 78.4 Å². The molecule has 4 rings (SSSR count). The van der Waals surface area contributed by atoms with E-state index in [4.69, 9.17) is 0 Å². The minimum absolute atomic E-state index is 0.0140. The smallest absolute Gasteiger partial charge is 0.323 e. The van der Waals surface area contributed by atoms with Crippen LogP contribution in [0.15, 0.2) is 80.6 Å². The standard InChI is InChI=1S/C39H52N10O7S/c1-6-48(7-2)20-10-18-40-36(51)27-22-28(37(52)41-19-11-21-49(8-3)9-4)24-31(23-27)47-57(55,56)32-15-12-29(13-16-32)45-46-35(26(5)50)38(53)42-30-14-17-33-34(25-30)44-39(54)43-33/h12-17,22-25,35,47H,6-11,18-21H2,1-5H3,(H,40,51)(H,41,52)(H,42,53)(H2,43,44,54). The summed E-state index contributed by atoms with van der Waals surface area (Å²) in [6, 6.07) is 12.6. The highest BCUT2D eigenvalue weighted by Gasteiger charge is 2.24. The second kappa shape index (κ2) is 21.0. The molecule has 0 aliphatic carbocycles. The number of Topliss-reactive ketones (excluding diaryl/α,β-unsaturated/α-hetero) is 1. The van der Waals surface area contributed by atoms with Gasteiger partial charge in [0.25, 0.3) is 27.7 Å². The number of hydrogen-bond donors (Lipinski definition) is 6. The van der Waals surface area contributed by atoms with Crippen molar-refractivity contribution in [3.05, 3.63) is 82.3 Å². The second-order valence-electron chi connectivity index (χ2n) is 13.2. The van der Waals surface area contributed by atoms with Crippen LogP contribution in [-0.2, 0) is 19.6 Å². The van der Waals surface area contributed by atoms with Gasteiger partial charge in [0.15, 0.2) is 5.78 Å². The van der Waals surface area contributed by atoms with E-state index in [1.54, 1.807) is 12.1 Å². The summed E-state index contributed by atoms with van der Waals surface area (Å²) >= 11 is 0. The van der Waals surface area contributed by atoms with Crippen LogP contribution < -0.4 is 26.4 Å². The Labute approximate surface area is 332 Å². The number of anilines is 2. The first-order chi connectivity index (χ1) is 27.3. The van der Waals surface area contributed by atoms with Crippen molar-refractivity contribution in [2.75, 3.05) is 62.4 Å². The normalized spacial score (nSPS) is 12.3. The quantitative estimate of drug-likeness (QED) is 0.0378. The first-order valence-electron chi connectivity index (χ1n) is 19.0. The predicted octanol–water partition coefficient (Wildman–Crippen LogP) is 4.26. The Bertz CT molecular complexity index is 2160. The van der Waals surface area contributed by atoms with Crippen molar-refractivity contribution in [2.45, 2.75) is 58.4 Å². The van der Waals surface area contributed by atoms with E-state index < -0.39 is 45.3 Å². The number of aromatic amines is 2. The lowest BCUT2D eigenvalue weighted by molar-refractivity contribution is -0.126. The summed E-state index contributed by atoms with van der Waals surface area (Å²) in [7, 11) is -4.23. The maximum atomic E-state index is 13.5. The van der Waals surface area contributed by atoms with Gasteiger partial charge in [0.05, 0.1) is 27.3 Å². The highest BCUT2D eigenvalue weighted by atomic mass is 32.2. The second-order valence-corrected chi connectivity index (χ2v) is 14.9. The first-order valence-corrected chi connectivity index (χ1v) is 20.5. The van der Waals surface area contributed by atoms with Crippen molar-refractivity contribution < 1.29 is 27.6 Å². The Morgan fingerprint density at radius 3 is 1.79 bits per heavy atom. The number of hydrogen-bond acceptors (Lipinski definition) is 11. The largest absolute Gasteiger partial charge is 0.352 e. The first kappa shape index (κ1) is 44.0. The molecule has 57 heavy (non-hydrogen) atoms. The number of amides is 3. The van der Waals surface area contributed by atoms with Gasteiger partial charge in [0.2, 0.25) is 6.04 Å². The van der Waals surface area contributed by atoms with Crippen LogP contribution in [0, 0.1) is 0 Å². The molecule has 0 radical (unpaired) electrons. The third-order valence-corrected chi connectivity index (χ3v) is 10.6. The molecule has 0 saturated heterocycles. The molecule has 3 aromatic carbocycles. The van der Waals surface area contributed by atoms with E-state index in [0.29, 0.717) is 42.7 Å². The van der Waals surface area contributed by atoms with Crippen molar-refractivity contribution in [1.82, 2.24) is 30.4 Å². The summed E-state index contributed by atoms with van der Waals surface area (Å²) in [5.74, 6) is -2.23. The van der Waals surface area contributed by atoms with Gasteiger partial charge in [-0.05, 0) is 120 Å². The van der Waals surface area contributed by atoms with E-state index >= 15 is 0 Å². The molecule has 3 amide bonds. The molecule has 1 unspecified atom stereocenters. The van der Waals surface area contributed by atoms with Crippen LogP contribution in [0.1, 0.15) is 68.2 Å². The zero-order valence-corrected chi connectivity index (χ0v) is 33.8. The lowest BCUT2D eigenvalue weighted by Gasteiger charge is -2.18. The lowest BCUT2D eigenvalue weighted by Crippen LogP contribution is -2.31. The molecular weight excluding hydrogens is 753 g/mol. The number of nitrogens with one attached hydrogen (secondary N) is 6. The molecule has 18 heteroatoms. The molecule has 1 atom stereocenters. The number of rotatable bonds is 22. The number of imidazole rings is 1. The molecule has 0 spiro atoms. The maximum Gasteiger partial charge on any atom is 0.323 e. The number of benzene rings is 3. The van der Waals surface area contributed by atoms with Crippen LogP contribution in [0.4, 0.5) is 17.1 Å². The van der Waals surface area contributed by atoms with Gasteiger partial charge < -0.3 is 35.7 Å². The Kier molecular flexibility index (Phi) is 16.2. The number of carbonyl (C=O) groups excluding carboxylic acids is 4. The van der Waals surface area contributed by atoms with E-state index in [1.165, 1.54) is 55.5 Å². The number of sulfonamides is 1. The molecule has 0 aliphatic rings. The van der Waals surface area contributed by atoms with Crippen molar-refractivity contribution in [1.29, 1.82) is 0 Å². The molecule has 0 aliphatic heterocycles. The number of fused-ring (bicyclic) bond motifs is 1. The molecule has 1 aromatic heterocycles. The van der Waals surface area contributed by atoms with E-state index in [1.807, 2.05) is 0 Å². The molecule has 17 nitrogen and oxygen atoms in total. The monoisotopic (exact) mass is 804 g/mol. The molecule has 1 heterocycles. The highest BCUT2D eigenvalue weighted by Crippen LogP contribution is 2.23. The van der Waals surface area contributed by atoms with Crippen molar-refractivity contribution in [3.8, 4) is 0 Å². The van der Waals surface area contributed by atoms with Gasteiger partial charge in [0, 0.05) is 29.9 Å². The van der Waals surface area contributed by atoms with Gasteiger partial charge in [-0.15, -0.1) is 0 Å². The molecule has 306 valence electrons. The predicted molar refractivity (Wildman–Crippen MR) is 220 cm³/mol. The SMILES string of the molecule is CCN(CC)CCCNC(=O)c1cc(NS(=O)(=O)c2ccc(N=NC(C(C)=O)C(=O)Nc3ccc4[nH]c(=O)[nH]c4c3)cc2)cc(C(=O)NCCCN(CC)CC)c1. The zero-order valence-electron chi connectivity index (χ0n) is 33.0. The minimum Gasteiger partial charge on any atom is -0.352 e. The molecule has 0 fully saturated rings. The average Bonchev–Trinajstić information content (AvgIpc) is 3.56. The number of H-pyrrole nitrogens is 2. The van der Waals surface area contributed by atoms with E-state index in [0.717, 1.165) is 39.3 Å². The van der Waals surface area contributed by atoms with Gasteiger partial charge in [-0.25, -0.2) is 13.2 Å². The summed E-state index contributed by atoms with van der Waals surface area (Å²) in [4.78, 5) is 72.8. The molecule has 0 bridgehead atoms. The number of ketones is 1. The van der Waals surface area contributed by atoms with Crippen LogP contribution in [0.2, 0.25) is 0 Å². The van der Waals surface area contributed by atoms with Crippen molar-refractivity contribution in [3.63, 3.8) is 0 Å². The van der Waals surface area contributed by atoms with Crippen LogP contribution in [0.25, 0.3) is 11.0 Å².